The lowest BCUT2D eigenvalue weighted by Gasteiger charge is -2.28. The van der Waals surface area contributed by atoms with E-state index in [1.165, 1.54) is 0 Å². The van der Waals surface area contributed by atoms with E-state index in [2.05, 4.69) is 27.6 Å². The number of fused-ring (bicyclic) bond motifs is 1. The maximum absolute atomic E-state index is 12.1. The number of carbonyl (C=O) groups excluding carboxylic acids is 1. The molecule has 0 spiro atoms. The Labute approximate surface area is 134 Å². The number of piperidine rings is 1. The number of anilines is 2. The first-order chi connectivity index (χ1) is 10.6. The van der Waals surface area contributed by atoms with Crippen LogP contribution in [0.1, 0.15) is 23.2 Å². The number of hydrogen-bond acceptors (Lipinski definition) is 5. The highest BCUT2D eigenvalue weighted by molar-refractivity contribution is 7.18. The molecule has 3 rings (SSSR count). The Morgan fingerprint density at radius 1 is 1.36 bits per heavy atom. The van der Waals surface area contributed by atoms with Gasteiger partial charge in [0.1, 0.15) is 5.82 Å². The molecule has 1 fully saturated rings. The van der Waals surface area contributed by atoms with Crippen LogP contribution >= 0.6 is 11.3 Å². The number of amides is 1. The monoisotopic (exact) mass is 317 g/mol. The van der Waals surface area contributed by atoms with Crippen LogP contribution in [-0.4, -0.2) is 45.1 Å². The van der Waals surface area contributed by atoms with Crippen LogP contribution in [0.2, 0.25) is 0 Å². The molecule has 2 aromatic rings. The normalized spacial score (nSPS) is 15.1. The van der Waals surface area contributed by atoms with E-state index in [-0.39, 0.29) is 5.91 Å². The average Bonchev–Trinajstić information content (AvgIpc) is 2.97. The molecule has 1 saturated heterocycles. The first-order valence-corrected chi connectivity index (χ1v) is 8.38. The number of nitrogens with zero attached hydrogens (tertiary/aromatic N) is 3. The van der Waals surface area contributed by atoms with Crippen molar-refractivity contribution in [3.05, 3.63) is 23.4 Å². The summed E-state index contributed by atoms with van der Waals surface area (Å²) < 4.78 is 1.07. The quantitative estimate of drug-likeness (QED) is 0.945. The van der Waals surface area contributed by atoms with Crippen LogP contribution in [0.5, 0.6) is 0 Å². The van der Waals surface area contributed by atoms with Crippen LogP contribution in [0.15, 0.2) is 11.4 Å². The summed E-state index contributed by atoms with van der Waals surface area (Å²) in [4.78, 5) is 21.3. The smallest absolute Gasteiger partial charge is 0.254 e. The van der Waals surface area contributed by atoms with Gasteiger partial charge in [0.25, 0.3) is 5.91 Å². The molecule has 2 aromatic heterocycles. The van der Waals surface area contributed by atoms with Gasteiger partial charge in [-0.05, 0) is 19.3 Å². The van der Waals surface area contributed by atoms with Gasteiger partial charge in [-0.25, -0.2) is 4.98 Å². The lowest BCUT2D eigenvalue weighted by molar-refractivity contribution is 0.0965. The molecular weight excluding hydrogens is 296 g/mol. The van der Waals surface area contributed by atoms with E-state index in [1.54, 1.807) is 18.4 Å². The summed E-state index contributed by atoms with van der Waals surface area (Å²) in [7, 11) is 5.71. The highest BCUT2D eigenvalue weighted by atomic mass is 32.1. The molecule has 1 radical (unpaired) electrons. The van der Waals surface area contributed by atoms with E-state index < -0.39 is 0 Å². The number of hydrogen-bond donors (Lipinski definition) is 1. The van der Waals surface area contributed by atoms with Gasteiger partial charge < -0.3 is 15.1 Å². The maximum Gasteiger partial charge on any atom is 0.254 e. The van der Waals surface area contributed by atoms with Crippen molar-refractivity contribution in [1.82, 2.24) is 10.3 Å². The van der Waals surface area contributed by atoms with Crippen molar-refractivity contribution in [3.8, 4) is 0 Å². The lowest BCUT2D eigenvalue weighted by atomic mass is 10.1. The van der Waals surface area contributed by atoms with E-state index in [1.807, 2.05) is 19.5 Å². The molecular formula is C16H21N4OS. The summed E-state index contributed by atoms with van der Waals surface area (Å²) in [6.07, 6.45) is 4.49. The zero-order chi connectivity index (χ0) is 15.7. The van der Waals surface area contributed by atoms with E-state index >= 15 is 0 Å². The third-order valence-electron chi connectivity index (χ3n) is 3.97. The first kappa shape index (κ1) is 15.1. The Balaban J connectivity index is 2.14. The highest BCUT2D eigenvalue weighted by Crippen LogP contribution is 2.36. The van der Waals surface area contributed by atoms with E-state index in [0.717, 1.165) is 47.7 Å². The second kappa shape index (κ2) is 6.12. The Bertz CT molecular complexity index is 689. The van der Waals surface area contributed by atoms with Crippen molar-refractivity contribution >= 4 is 39.0 Å². The molecule has 117 valence electrons. The predicted molar refractivity (Wildman–Crippen MR) is 93.1 cm³/mol. The van der Waals surface area contributed by atoms with Gasteiger partial charge in [-0.3, -0.25) is 4.79 Å². The summed E-state index contributed by atoms with van der Waals surface area (Å²) in [6.45, 7) is 1.98. The predicted octanol–water partition coefficient (Wildman–Crippen LogP) is 2.53. The van der Waals surface area contributed by atoms with Crippen LogP contribution in [0.4, 0.5) is 11.5 Å². The molecule has 3 heterocycles. The van der Waals surface area contributed by atoms with Gasteiger partial charge in [0.05, 0.1) is 21.5 Å². The minimum Gasteiger partial charge on any atom is -0.376 e. The fraction of sp³-hybridized carbons (Fsp3) is 0.438. The molecule has 0 aliphatic carbocycles. The molecule has 1 amide bonds. The van der Waals surface area contributed by atoms with Crippen LogP contribution in [0, 0.1) is 6.42 Å². The van der Waals surface area contributed by atoms with Gasteiger partial charge in [0.2, 0.25) is 0 Å². The fourth-order valence-corrected chi connectivity index (χ4v) is 3.83. The molecule has 0 atom stereocenters. The number of pyridine rings is 1. The van der Waals surface area contributed by atoms with Crippen molar-refractivity contribution in [2.75, 3.05) is 44.0 Å². The minimum absolute atomic E-state index is 0.0763. The van der Waals surface area contributed by atoms with Gasteiger partial charge in [-0.1, -0.05) is 0 Å². The lowest BCUT2D eigenvalue weighted by Crippen LogP contribution is -2.30. The molecule has 0 unspecified atom stereocenters. The topological polar surface area (TPSA) is 48.5 Å². The Hall–Kier alpha value is -1.82. The average molecular weight is 317 g/mol. The second-order valence-corrected chi connectivity index (χ2v) is 6.53. The largest absolute Gasteiger partial charge is 0.376 e. The van der Waals surface area contributed by atoms with Gasteiger partial charge in [0.15, 0.2) is 0 Å². The molecule has 1 aliphatic rings. The number of carbonyl (C=O) groups is 1. The molecule has 1 N–H and O–H groups in total. The number of rotatable bonds is 3. The van der Waals surface area contributed by atoms with Crippen molar-refractivity contribution in [3.63, 3.8) is 0 Å². The van der Waals surface area contributed by atoms with Crippen LogP contribution in [0.25, 0.3) is 10.2 Å². The van der Waals surface area contributed by atoms with Crippen molar-refractivity contribution in [1.29, 1.82) is 0 Å². The minimum atomic E-state index is -0.0763. The van der Waals surface area contributed by atoms with Crippen molar-refractivity contribution < 1.29 is 4.79 Å². The third kappa shape index (κ3) is 2.63. The zero-order valence-corrected chi connectivity index (χ0v) is 14.0. The van der Waals surface area contributed by atoms with Crippen molar-refractivity contribution in [2.45, 2.75) is 12.8 Å². The third-order valence-corrected chi connectivity index (χ3v) is 4.97. The SMILES string of the molecule is CNC(=O)c1csc2c(N(C)C)cc(N3CC[CH]CC3)nc12. The van der Waals surface area contributed by atoms with Gasteiger partial charge in [0, 0.05) is 45.7 Å². The van der Waals surface area contributed by atoms with E-state index in [9.17, 15) is 4.79 Å². The van der Waals surface area contributed by atoms with Crippen LogP contribution in [-0.2, 0) is 0 Å². The van der Waals surface area contributed by atoms with Crippen molar-refractivity contribution in [2.24, 2.45) is 0 Å². The number of nitrogens with one attached hydrogen (secondary N) is 1. The molecule has 5 nitrogen and oxygen atoms in total. The summed E-state index contributed by atoms with van der Waals surface area (Å²) >= 11 is 1.58. The first-order valence-electron chi connectivity index (χ1n) is 7.50. The number of thiophene rings is 1. The summed E-state index contributed by atoms with van der Waals surface area (Å²) in [5, 5.41) is 4.60. The number of aromatic nitrogens is 1. The van der Waals surface area contributed by atoms with Crippen LogP contribution in [0.3, 0.4) is 0 Å². The summed E-state index contributed by atoms with van der Waals surface area (Å²) in [5.41, 5.74) is 2.59. The van der Waals surface area contributed by atoms with Crippen LogP contribution < -0.4 is 15.1 Å². The Morgan fingerprint density at radius 3 is 2.73 bits per heavy atom. The standard InChI is InChI=1S/C16H21N4OS/c1-17-16(21)11-10-22-15-12(19(2)3)9-13(18-14(11)15)20-7-5-4-6-8-20/h4,9-10H,5-8H2,1-3H3,(H,17,21). The molecule has 22 heavy (non-hydrogen) atoms. The second-order valence-electron chi connectivity index (χ2n) is 5.65. The zero-order valence-electron chi connectivity index (χ0n) is 13.2. The molecule has 0 aromatic carbocycles. The fourth-order valence-electron chi connectivity index (χ4n) is 2.75. The summed E-state index contributed by atoms with van der Waals surface area (Å²) in [6, 6.07) is 2.14. The molecule has 0 saturated carbocycles. The van der Waals surface area contributed by atoms with Gasteiger partial charge in [-0.15, -0.1) is 11.3 Å². The van der Waals surface area contributed by atoms with Gasteiger partial charge >= 0.3 is 0 Å². The maximum atomic E-state index is 12.1. The molecule has 1 aliphatic heterocycles. The van der Waals surface area contributed by atoms with E-state index in [0.29, 0.717) is 5.56 Å². The molecule has 0 bridgehead atoms. The van der Waals surface area contributed by atoms with E-state index in [4.69, 9.17) is 4.98 Å². The highest BCUT2D eigenvalue weighted by Gasteiger charge is 2.20. The van der Waals surface area contributed by atoms with Gasteiger partial charge in [-0.2, -0.15) is 0 Å². The Kier molecular flexibility index (Phi) is 4.20. The molecule has 6 heteroatoms. The summed E-state index contributed by atoms with van der Waals surface area (Å²) in [5.74, 6) is 0.889. The Morgan fingerprint density at radius 2 is 2.09 bits per heavy atom.